The SMILES string of the molecule is COc1ccc2cc3cc(-c4cc(F)ccc4C4Cc5nc(N)nc(C)c5C(=O)N4)ccc3nc2c1. The quantitative estimate of drug-likeness (QED) is 0.357. The molecule has 8 heteroatoms. The van der Waals surface area contributed by atoms with E-state index in [1.165, 1.54) is 12.1 Å². The first kappa shape index (κ1) is 21.9. The van der Waals surface area contributed by atoms with Crippen LogP contribution in [0.1, 0.15) is 33.4 Å². The van der Waals surface area contributed by atoms with Crippen LogP contribution in [0, 0.1) is 12.7 Å². The Bertz CT molecular complexity index is 1700. The monoisotopic (exact) mass is 479 g/mol. The van der Waals surface area contributed by atoms with Crippen LogP contribution in [0.2, 0.25) is 0 Å². The van der Waals surface area contributed by atoms with Crippen molar-refractivity contribution in [2.75, 3.05) is 12.8 Å². The molecule has 0 saturated carbocycles. The van der Waals surface area contributed by atoms with Crippen LogP contribution in [0.3, 0.4) is 0 Å². The van der Waals surface area contributed by atoms with E-state index in [2.05, 4.69) is 21.4 Å². The summed E-state index contributed by atoms with van der Waals surface area (Å²) in [5.41, 5.74) is 11.4. The molecule has 6 rings (SSSR count). The molecule has 0 bridgehead atoms. The molecule has 2 aromatic heterocycles. The number of nitrogens with two attached hydrogens (primary N) is 1. The molecule has 3 heterocycles. The molecule has 1 unspecified atom stereocenters. The van der Waals surface area contributed by atoms with Crippen LogP contribution in [0.15, 0.2) is 60.7 Å². The predicted molar refractivity (Wildman–Crippen MR) is 136 cm³/mol. The molecular formula is C28H22FN5O2. The largest absolute Gasteiger partial charge is 0.497 e. The van der Waals surface area contributed by atoms with Gasteiger partial charge in [0.05, 0.1) is 41.1 Å². The summed E-state index contributed by atoms with van der Waals surface area (Å²) in [6.45, 7) is 1.74. The van der Waals surface area contributed by atoms with Gasteiger partial charge in [0.25, 0.3) is 5.91 Å². The molecule has 178 valence electrons. The number of amides is 1. The number of ether oxygens (including phenoxy) is 1. The maximum Gasteiger partial charge on any atom is 0.255 e. The Morgan fingerprint density at radius 2 is 1.83 bits per heavy atom. The molecule has 0 spiro atoms. The van der Waals surface area contributed by atoms with E-state index in [1.54, 1.807) is 20.1 Å². The van der Waals surface area contributed by atoms with Gasteiger partial charge < -0.3 is 15.8 Å². The minimum absolute atomic E-state index is 0.130. The van der Waals surface area contributed by atoms with Gasteiger partial charge in [-0.1, -0.05) is 12.1 Å². The lowest BCUT2D eigenvalue weighted by Crippen LogP contribution is -2.37. The number of hydrogen-bond acceptors (Lipinski definition) is 6. The Labute approximate surface area is 206 Å². The summed E-state index contributed by atoms with van der Waals surface area (Å²) in [5.74, 6) is 0.251. The van der Waals surface area contributed by atoms with Crippen molar-refractivity contribution in [2.45, 2.75) is 19.4 Å². The summed E-state index contributed by atoms with van der Waals surface area (Å²) in [7, 11) is 1.63. The Balaban J connectivity index is 1.45. The fourth-order valence-electron chi connectivity index (χ4n) is 4.95. The van der Waals surface area contributed by atoms with Gasteiger partial charge >= 0.3 is 0 Å². The molecule has 3 aromatic carbocycles. The van der Waals surface area contributed by atoms with E-state index < -0.39 is 6.04 Å². The van der Waals surface area contributed by atoms with Crippen molar-refractivity contribution < 1.29 is 13.9 Å². The second-order valence-corrected chi connectivity index (χ2v) is 8.91. The minimum atomic E-state index is -0.396. The van der Waals surface area contributed by atoms with Crippen LogP contribution in [0.25, 0.3) is 32.9 Å². The first-order chi connectivity index (χ1) is 17.4. The highest BCUT2D eigenvalue weighted by atomic mass is 19.1. The number of anilines is 1. The van der Waals surface area contributed by atoms with Gasteiger partial charge in [-0.3, -0.25) is 4.79 Å². The summed E-state index contributed by atoms with van der Waals surface area (Å²) in [5, 5.41) is 4.95. The average molecular weight is 480 g/mol. The number of methoxy groups -OCH3 is 1. The van der Waals surface area contributed by atoms with E-state index in [-0.39, 0.29) is 17.7 Å². The summed E-state index contributed by atoms with van der Waals surface area (Å²) >= 11 is 0. The topological polar surface area (TPSA) is 103 Å². The van der Waals surface area contributed by atoms with Crippen LogP contribution in [0.5, 0.6) is 5.75 Å². The minimum Gasteiger partial charge on any atom is -0.497 e. The van der Waals surface area contributed by atoms with Gasteiger partial charge in [-0.2, -0.15) is 0 Å². The van der Waals surface area contributed by atoms with Crippen molar-refractivity contribution in [3.05, 3.63) is 89.0 Å². The molecule has 0 aliphatic carbocycles. The molecule has 3 N–H and O–H groups in total. The standard InChI is InChI=1S/C28H22FN5O2/c1-14-26-25(34-28(30)31-14)13-24(33-27(26)35)20-7-5-18(29)11-21(20)15-4-8-22-17(9-15)10-16-3-6-19(36-2)12-23(16)32-22/h3-12,24H,13H2,1-2H3,(H,33,35)(H2,30,31,34). The summed E-state index contributed by atoms with van der Waals surface area (Å²) in [6.07, 6.45) is 0.425. The van der Waals surface area contributed by atoms with E-state index in [4.69, 9.17) is 15.5 Å². The summed E-state index contributed by atoms with van der Waals surface area (Å²) < 4.78 is 19.8. The van der Waals surface area contributed by atoms with Crippen LogP contribution >= 0.6 is 0 Å². The zero-order valence-electron chi connectivity index (χ0n) is 19.7. The highest BCUT2D eigenvalue weighted by Crippen LogP contribution is 2.35. The molecule has 5 aromatic rings. The van der Waals surface area contributed by atoms with Gasteiger partial charge in [0, 0.05) is 23.3 Å². The summed E-state index contributed by atoms with van der Waals surface area (Å²) in [6, 6.07) is 17.9. The highest BCUT2D eigenvalue weighted by Gasteiger charge is 2.30. The number of nitrogen functional groups attached to an aromatic ring is 1. The van der Waals surface area contributed by atoms with Crippen molar-refractivity contribution in [1.29, 1.82) is 0 Å². The Morgan fingerprint density at radius 1 is 0.972 bits per heavy atom. The number of pyridine rings is 1. The summed E-state index contributed by atoms with van der Waals surface area (Å²) in [4.78, 5) is 26.1. The van der Waals surface area contributed by atoms with Gasteiger partial charge in [-0.15, -0.1) is 0 Å². The first-order valence-electron chi connectivity index (χ1n) is 11.5. The molecule has 7 nitrogen and oxygen atoms in total. The number of rotatable bonds is 3. The van der Waals surface area contributed by atoms with Gasteiger partial charge in [0.15, 0.2) is 0 Å². The van der Waals surface area contributed by atoms with Crippen molar-refractivity contribution in [2.24, 2.45) is 0 Å². The molecule has 1 aliphatic rings. The van der Waals surface area contributed by atoms with Gasteiger partial charge in [0.1, 0.15) is 11.6 Å². The smallest absolute Gasteiger partial charge is 0.255 e. The Hall–Kier alpha value is -4.59. The average Bonchev–Trinajstić information content (AvgIpc) is 2.86. The first-order valence-corrected chi connectivity index (χ1v) is 11.5. The molecule has 0 fully saturated rings. The van der Waals surface area contributed by atoms with E-state index in [0.717, 1.165) is 38.7 Å². The molecule has 1 aliphatic heterocycles. The maximum absolute atomic E-state index is 14.5. The fourth-order valence-corrected chi connectivity index (χ4v) is 4.95. The highest BCUT2D eigenvalue weighted by molar-refractivity contribution is 5.98. The third kappa shape index (κ3) is 3.67. The zero-order valence-corrected chi connectivity index (χ0v) is 19.7. The number of aryl methyl sites for hydroxylation is 1. The second kappa shape index (κ2) is 8.27. The number of carbonyl (C=O) groups is 1. The van der Waals surface area contributed by atoms with Gasteiger partial charge in [0.2, 0.25) is 5.95 Å². The second-order valence-electron chi connectivity index (χ2n) is 8.91. The van der Waals surface area contributed by atoms with Crippen LogP contribution in [-0.2, 0) is 6.42 Å². The third-order valence-electron chi connectivity index (χ3n) is 6.63. The van der Waals surface area contributed by atoms with Crippen molar-refractivity contribution >= 4 is 33.7 Å². The lowest BCUT2D eigenvalue weighted by atomic mass is 9.88. The van der Waals surface area contributed by atoms with Crippen LogP contribution < -0.4 is 15.8 Å². The molecule has 1 amide bonds. The van der Waals surface area contributed by atoms with E-state index in [9.17, 15) is 9.18 Å². The normalized spacial score (nSPS) is 15.1. The van der Waals surface area contributed by atoms with Crippen LogP contribution in [-0.4, -0.2) is 28.0 Å². The van der Waals surface area contributed by atoms with Gasteiger partial charge in [-0.05, 0) is 66.1 Å². The molecular weight excluding hydrogens is 457 g/mol. The third-order valence-corrected chi connectivity index (χ3v) is 6.63. The predicted octanol–water partition coefficient (Wildman–Crippen LogP) is 4.91. The molecule has 0 saturated heterocycles. The van der Waals surface area contributed by atoms with E-state index in [1.807, 2.05) is 36.4 Å². The number of carbonyl (C=O) groups excluding carboxylic acids is 1. The van der Waals surface area contributed by atoms with E-state index >= 15 is 0 Å². The lowest BCUT2D eigenvalue weighted by molar-refractivity contribution is 0.0922. The van der Waals surface area contributed by atoms with Crippen molar-refractivity contribution in [3.63, 3.8) is 0 Å². The van der Waals surface area contributed by atoms with E-state index in [0.29, 0.717) is 28.9 Å². The van der Waals surface area contributed by atoms with Crippen molar-refractivity contribution in [1.82, 2.24) is 20.3 Å². The number of hydrogen-bond donors (Lipinski definition) is 2. The number of benzene rings is 3. The molecule has 36 heavy (non-hydrogen) atoms. The van der Waals surface area contributed by atoms with Crippen LogP contribution in [0.4, 0.5) is 10.3 Å². The maximum atomic E-state index is 14.5. The number of nitrogens with one attached hydrogen (secondary N) is 1. The number of aromatic nitrogens is 3. The zero-order chi connectivity index (χ0) is 25.0. The number of halogens is 1. The van der Waals surface area contributed by atoms with Crippen molar-refractivity contribution in [3.8, 4) is 16.9 Å². The van der Waals surface area contributed by atoms with Gasteiger partial charge in [-0.25, -0.2) is 19.3 Å². The number of fused-ring (bicyclic) bond motifs is 3. The number of nitrogens with zero attached hydrogens (tertiary/aromatic N) is 3. The Morgan fingerprint density at radius 3 is 2.67 bits per heavy atom. The lowest BCUT2D eigenvalue weighted by Gasteiger charge is -2.28. The Kier molecular flexibility index (Phi) is 5.03. The molecule has 1 atom stereocenters. The molecule has 0 radical (unpaired) electrons. The fraction of sp³-hybridized carbons (Fsp3) is 0.143.